The van der Waals surface area contributed by atoms with Crippen molar-refractivity contribution < 1.29 is 4.39 Å². The van der Waals surface area contributed by atoms with Crippen LogP contribution in [0.3, 0.4) is 0 Å². The lowest BCUT2D eigenvalue weighted by Crippen LogP contribution is -2.34. The van der Waals surface area contributed by atoms with E-state index in [9.17, 15) is 4.39 Å². The summed E-state index contributed by atoms with van der Waals surface area (Å²) < 4.78 is 12.8. The van der Waals surface area contributed by atoms with E-state index in [0.29, 0.717) is 6.54 Å². The van der Waals surface area contributed by atoms with Crippen LogP contribution in [0.1, 0.15) is 5.56 Å². The normalized spacial score (nSPS) is 11.4. The molecule has 0 atom stereocenters. The van der Waals surface area contributed by atoms with Gasteiger partial charge in [-0.1, -0.05) is 12.1 Å². The van der Waals surface area contributed by atoms with Gasteiger partial charge in [-0.05, 0) is 17.7 Å². The average Bonchev–Trinajstić information content (AvgIpc) is 2.16. The number of hydrogen-bond acceptors (Lipinski definition) is 2. The minimum absolute atomic E-state index is 0.217. The number of halogens is 1. The molecule has 1 aromatic rings. The lowest BCUT2D eigenvalue weighted by Gasteiger charge is -2.16. The van der Waals surface area contributed by atoms with Crippen LogP contribution in [-0.4, -0.2) is 17.9 Å². The Morgan fingerprint density at radius 3 is 2.86 bits per heavy atom. The van der Waals surface area contributed by atoms with Crippen LogP contribution in [-0.2, 0) is 6.54 Å². The molecule has 0 amide bonds. The predicted molar refractivity (Wildman–Crippen MR) is 53.7 cm³/mol. The molecule has 4 nitrogen and oxygen atoms in total. The van der Waals surface area contributed by atoms with Gasteiger partial charge in [0.15, 0.2) is 0 Å². The number of rotatable bonds is 2. The highest BCUT2D eigenvalue weighted by Crippen LogP contribution is 2.05. The first-order valence-electron chi connectivity index (χ1n) is 4.12. The zero-order valence-corrected chi connectivity index (χ0v) is 7.94. The van der Waals surface area contributed by atoms with E-state index in [1.165, 1.54) is 12.1 Å². The third-order valence-electron chi connectivity index (χ3n) is 1.83. The third kappa shape index (κ3) is 2.62. The van der Waals surface area contributed by atoms with Gasteiger partial charge in [0.1, 0.15) is 5.82 Å². The summed E-state index contributed by atoms with van der Waals surface area (Å²) in [7, 11) is 1.73. The van der Waals surface area contributed by atoms with Crippen LogP contribution < -0.4 is 11.6 Å². The van der Waals surface area contributed by atoms with Gasteiger partial charge in [-0.2, -0.15) is 0 Å². The van der Waals surface area contributed by atoms with Crippen LogP contribution in [0, 0.1) is 5.82 Å². The number of hydrogen-bond donors (Lipinski definition) is 2. The molecule has 4 N–H and O–H groups in total. The Morgan fingerprint density at radius 1 is 1.57 bits per heavy atom. The molecular weight excluding hydrogens is 183 g/mol. The molecule has 0 spiro atoms. The molecule has 0 aliphatic rings. The van der Waals surface area contributed by atoms with Gasteiger partial charge in [0.2, 0.25) is 5.96 Å². The van der Waals surface area contributed by atoms with Crippen molar-refractivity contribution in [1.82, 2.24) is 4.90 Å². The van der Waals surface area contributed by atoms with E-state index in [2.05, 4.69) is 5.10 Å². The highest BCUT2D eigenvalue weighted by Gasteiger charge is 2.02. The van der Waals surface area contributed by atoms with E-state index < -0.39 is 0 Å². The third-order valence-corrected chi connectivity index (χ3v) is 1.83. The van der Waals surface area contributed by atoms with Gasteiger partial charge >= 0.3 is 0 Å². The quantitative estimate of drug-likeness (QED) is 0.312. The Kier molecular flexibility index (Phi) is 3.28. The van der Waals surface area contributed by atoms with E-state index in [1.54, 1.807) is 18.0 Å². The molecule has 0 saturated carbocycles. The fourth-order valence-electron chi connectivity index (χ4n) is 1.09. The van der Waals surface area contributed by atoms with Gasteiger partial charge in [-0.3, -0.25) is 0 Å². The van der Waals surface area contributed by atoms with Crippen LogP contribution in [0.25, 0.3) is 0 Å². The number of guanidine groups is 1. The summed E-state index contributed by atoms with van der Waals surface area (Å²) in [6.07, 6.45) is 0. The molecule has 0 bridgehead atoms. The minimum atomic E-state index is -0.265. The molecule has 0 unspecified atom stereocenters. The highest BCUT2D eigenvalue weighted by atomic mass is 19.1. The van der Waals surface area contributed by atoms with Crippen molar-refractivity contribution in [3.05, 3.63) is 35.6 Å². The van der Waals surface area contributed by atoms with Gasteiger partial charge in [0, 0.05) is 13.6 Å². The molecule has 0 fully saturated rings. The van der Waals surface area contributed by atoms with Crippen LogP contribution in [0.4, 0.5) is 4.39 Å². The van der Waals surface area contributed by atoms with Crippen LogP contribution >= 0.6 is 0 Å². The molecule has 1 aromatic carbocycles. The number of hydrazone groups is 1. The van der Waals surface area contributed by atoms with Crippen molar-refractivity contribution in [2.75, 3.05) is 7.05 Å². The van der Waals surface area contributed by atoms with Gasteiger partial charge in [-0.25, -0.2) is 4.39 Å². The summed E-state index contributed by atoms with van der Waals surface area (Å²) in [6, 6.07) is 6.29. The predicted octanol–water partition coefficient (Wildman–Crippen LogP) is 0.446. The van der Waals surface area contributed by atoms with Crippen LogP contribution in [0.2, 0.25) is 0 Å². The van der Waals surface area contributed by atoms with Crippen molar-refractivity contribution in [3.63, 3.8) is 0 Å². The second-order valence-corrected chi connectivity index (χ2v) is 2.97. The molecule has 0 aliphatic heterocycles. The first kappa shape index (κ1) is 10.3. The summed E-state index contributed by atoms with van der Waals surface area (Å²) in [5.74, 6) is 4.96. The van der Waals surface area contributed by atoms with Crippen LogP contribution in [0.15, 0.2) is 29.4 Å². The summed E-state index contributed by atoms with van der Waals surface area (Å²) >= 11 is 0. The van der Waals surface area contributed by atoms with Crippen molar-refractivity contribution >= 4 is 5.96 Å². The van der Waals surface area contributed by atoms with Gasteiger partial charge in [0.05, 0.1) is 0 Å². The number of nitrogens with zero attached hydrogens (tertiary/aromatic N) is 2. The number of nitrogens with two attached hydrogens (primary N) is 2. The van der Waals surface area contributed by atoms with E-state index >= 15 is 0 Å². The second kappa shape index (κ2) is 4.45. The molecule has 5 heteroatoms. The molecule has 0 saturated heterocycles. The Bertz CT molecular complexity index is 337. The minimum Gasteiger partial charge on any atom is -0.368 e. The van der Waals surface area contributed by atoms with Crippen molar-refractivity contribution in [2.45, 2.75) is 6.54 Å². The molecule has 1 rings (SSSR count). The maximum atomic E-state index is 12.8. The molecule has 0 aliphatic carbocycles. The molecule has 0 radical (unpaired) electrons. The van der Waals surface area contributed by atoms with E-state index in [4.69, 9.17) is 11.6 Å². The molecule has 76 valence electrons. The van der Waals surface area contributed by atoms with Crippen LogP contribution in [0.5, 0.6) is 0 Å². The van der Waals surface area contributed by atoms with E-state index in [-0.39, 0.29) is 11.8 Å². The van der Waals surface area contributed by atoms with E-state index in [0.717, 1.165) is 5.56 Å². The van der Waals surface area contributed by atoms with Gasteiger partial charge in [0.25, 0.3) is 0 Å². The van der Waals surface area contributed by atoms with Crippen molar-refractivity contribution in [3.8, 4) is 0 Å². The fraction of sp³-hybridized carbons (Fsp3) is 0.222. The van der Waals surface area contributed by atoms with Crippen molar-refractivity contribution in [1.29, 1.82) is 0 Å². The summed E-state index contributed by atoms with van der Waals surface area (Å²) in [5.41, 5.74) is 6.28. The largest absolute Gasteiger partial charge is 0.368 e. The second-order valence-electron chi connectivity index (χ2n) is 2.97. The Hall–Kier alpha value is -1.78. The highest BCUT2D eigenvalue weighted by molar-refractivity contribution is 5.77. The maximum absolute atomic E-state index is 12.8. The molecule has 0 heterocycles. The van der Waals surface area contributed by atoms with E-state index in [1.807, 2.05) is 6.07 Å². The lowest BCUT2D eigenvalue weighted by molar-refractivity contribution is 0.490. The zero-order valence-electron chi connectivity index (χ0n) is 7.94. The Labute approximate surface area is 82.0 Å². The first-order valence-corrected chi connectivity index (χ1v) is 4.12. The van der Waals surface area contributed by atoms with Crippen molar-refractivity contribution in [2.24, 2.45) is 16.7 Å². The van der Waals surface area contributed by atoms with Gasteiger partial charge < -0.3 is 16.5 Å². The summed E-state index contributed by atoms with van der Waals surface area (Å²) in [5, 5.41) is 3.33. The first-order chi connectivity index (χ1) is 6.63. The fourth-order valence-corrected chi connectivity index (χ4v) is 1.09. The summed E-state index contributed by atoms with van der Waals surface area (Å²) in [4.78, 5) is 1.63. The lowest BCUT2D eigenvalue weighted by atomic mass is 10.2. The number of benzene rings is 1. The SMILES string of the molecule is CN(Cc1cccc(F)c1)/C(N)=N/N. The van der Waals surface area contributed by atoms with Gasteiger partial charge in [-0.15, -0.1) is 5.10 Å². The Morgan fingerprint density at radius 2 is 2.29 bits per heavy atom. The monoisotopic (exact) mass is 196 g/mol. The Balaban J connectivity index is 2.69. The average molecular weight is 196 g/mol. The maximum Gasteiger partial charge on any atom is 0.213 e. The zero-order chi connectivity index (χ0) is 10.6. The standard InChI is InChI=1S/C9H13FN4/c1-14(9(11)13-12)6-7-3-2-4-8(10)5-7/h2-5H,6,12H2,1H3,(H2,11,13). The molecule has 14 heavy (non-hydrogen) atoms. The molecule has 0 aromatic heterocycles. The molecular formula is C9H13FN4. The summed E-state index contributed by atoms with van der Waals surface area (Å²) in [6.45, 7) is 0.476. The smallest absolute Gasteiger partial charge is 0.213 e. The topological polar surface area (TPSA) is 67.6 Å².